The lowest BCUT2D eigenvalue weighted by molar-refractivity contribution is 0.830. The predicted molar refractivity (Wildman–Crippen MR) is 53.3 cm³/mol. The van der Waals surface area contributed by atoms with E-state index >= 15 is 0 Å². The summed E-state index contributed by atoms with van der Waals surface area (Å²) >= 11 is 0. The van der Waals surface area contributed by atoms with Gasteiger partial charge in [-0.3, -0.25) is 0 Å². The fraction of sp³-hybridized carbons (Fsp3) is 0.273. The Bertz CT molecular complexity index is 302. The van der Waals surface area contributed by atoms with Crippen LogP contribution < -0.4 is 5.32 Å². The molecule has 62 valence electrons. The molecule has 0 saturated carbocycles. The van der Waals surface area contributed by atoms with Crippen molar-refractivity contribution in [3.8, 4) is 0 Å². The van der Waals surface area contributed by atoms with E-state index in [0.717, 1.165) is 6.54 Å². The molecule has 0 atom stereocenters. The van der Waals surface area contributed by atoms with Gasteiger partial charge in [0.2, 0.25) is 0 Å². The van der Waals surface area contributed by atoms with Crippen LogP contribution in [0.15, 0.2) is 24.8 Å². The zero-order valence-electron chi connectivity index (χ0n) is 7.14. The summed E-state index contributed by atoms with van der Waals surface area (Å²) in [6.45, 7) is 4.86. The summed E-state index contributed by atoms with van der Waals surface area (Å²) in [5, 5.41) is 3.39. The third-order valence-corrected chi connectivity index (χ3v) is 2.31. The summed E-state index contributed by atoms with van der Waals surface area (Å²) < 4.78 is 0. The molecule has 0 amide bonds. The molecule has 1 N–H and O–H groups in total. The van der Waals surface area contributed by atoms with Crippen LogP contribution in [-0.2, 0) is 6.42 Å². The van der Waals surface area contributed by atoms with Crippen molar-refractivity contribution < 1.29 is 0 Å². The molecule has 0 aliphatic carbocycles. The summed E-state index contributed by atoms with van der Waals surface area (Å²) in [7, 11) is 0. The Kier molecular flexibility index (Phi) is 1.86. The maximum atomic E-state index is 3.75. The first kappa shape index (κ1) is 7.41. The molecule has 0 bridgehead atoms. The Labute approximate surface area is 73.1 Å². The minimum absolute atomic E-state index is 1.10. The second kappa shape index (κ2) is 3.02. The van der Waals surface area contributed by atoms with Crippen LogP contribution in [0.25, 0.3) is 6.08 Å². The van der Waals surface area contributed by atoms with Crippen molar-refractivity contribution in [3.63, 3.8) is 0 Å². The van der Waals surface area contributed by atoms with E-state index in [1.54, 1.807) is 0 Å². The Morgan fingerprint density at radius 2 is 2.33 bits per heavy atom. The van der Waals surface area contributed by atoms with E-state index in [0.29, 0.717) is 0 Å². The summed E-state index contributed by atoms with van der Waals surface area (Å²) in [6.07, 6.45) is 4.34. The molecule has 1 nitrogen and oxygen atoms in total. The van der Waals surface area contributed by atoms with Gasteiger partial charge in [0.15, 0.2) is 0 Å². The molecule has 0 unspecified atom stereocenters. The minimum Gasteiger partial charge on any atom is -0.385 e. The van der Waals surface area contributed by atoms with Gasteiger partial charge >= 0.3 is 0 Å². The smallest absolute Gasteiger partial charge is 0.0378 e. The fourth-order valence-electron chi connectivity index (χ4n) is 1.61. The number of aryl methyl sites for hydroxylation is 1. The second-order valence-corrected chi connectivity index (χ2v) is 3.15. The number of nitrogens with one attached hydrogen (secondary N) is 1. The van der Waals surface area contributed by atoms with Crippen molar-refractivity contribution in [2.24, 2.45) is 0 Å². The minimum atomic E-state index is 1.10. The molecule has 1 aromatic rings. The van der Waals surface area contributed by atoms with Gasteiger partial charge in [-0.05, 0) is 30.0 Å². The second-order valence-electron chi connectivity index (χ2n) is 3.15. The average molecular weight is 159 g/mol. The first-order valence-electron chi connectivity index (χ1n) is 4.39. The maximum absolute atomic E-state index is 3.75. The third kappa shape index (κ3) is 1.22. The lowest BCUT2D eigenvalue weighted by Crippen LogP contribution is -2.11. The summed E-state index contributed by atoms with van der Waals surface area (Å²) in [6, 6.07) is 6.48. The van der Waals surface area contributed by atoms with Gasteiger partial charge in [-0.2, -0.15) is 0 Å². The predicted octanol–water partition coefficient (Wildman–Crippen LogP) is 2.69. The number of rotatable bonds is 1. The first-order valence-corrected chi connectivity index (χ1v) is 4.39. The Hall–Kier alpha value is -1.24. The number of hydrogen-bond donors (Lipinski definition) is 1. The monoisotopic (exact) mass is 159 g/mol. The Morgan fingerprint density at radius 3 is 3.17 bits per heavy atom. The average Bonchev–Trinajstić information content (AvgIpc) is 2.17. The van der Waals surface area contributed by atoms with Gasteiger partial charge in [0.05, 0.1) is 0 Å². The van der Waals surface area contributed by atoms with Crippen LogP contribution in [0.3, 0.4) is 0 Å². The fourth-order valence-corrected chi connectivity index (χ4v) is 1.61. The van der Waals surface area contributed by atoms with Crippen LogP contribution in [0, 0.1) is 0 Å². The van der Waals surface area contributed by atoms with Crippen molar-refractivity contribution in [2.75, 3.05) is 11.9 Å². The van der Waals surface area contributed by atoms with Gasteiger partial charge in [0, 0.05) is 12.2 Å². The number of fused-ring (bicyclic) bond motifs is 1. The molecule has 0 radical (unpaired) electrons. The Morgan fingerprint density at radius 1 is 1.42 bits per heavy atom. The molecule has 1 aliphatic heterocycles. The summed E-state index contributed by atoms with van der Waals surface area (Å²) in [4.78, 5) is 0. The molecule has 0 fully saturated rings. The lowest BCUT2D eigenvalue weighted by Gasteiger charge is -2.17. The van der Waals surface area contributed by atoms with Gasteiger partial charge in [-0.15, -0.1) is 0 Å². The topological polar surface area (TPSA) is 12.0 Å². The van der Waals surface area contributed by atoms with Crippen molar-refractivity contribution in [1.29, 1.82) is 0 Å². The van der Waals surface area contributed by atoms with Crippen LogP contribution >= 0.6 is 0 Å². The number of anilines is 1. The highest BCUT2D eigenvalue weighted by Gasteiger charge is 2.06. The SMILES string of the molecule is C=Cc1ccc2c(c1)NCCC2. The molecule has 0 spiro atoms. The van der Waals surface area contributed by atoms with Gasteiger partial charge in [0.25, 0.3) is 0 Å². The van der Waals surface area contributed by atoms with E-state index in [2.05, 4.69) is 30.1 Å². The van der Waals surface area contributed by atoms with Crippen LogP contribution in [0.5, 0.6) is 0 Å². The van der Waals surface area contributed by atoms with Crippen LogP contribution in [-0.4, -0.2) is 6.54 Å². The largest absolute Gasteiger partial charge is 0.385 e. The zero-order valence-corrected chi connectivity index (χ0v) is 7.14. The van der Waals surface area contributed by atoms with E-state index in [4.69, 9.17) is 0 Å². The standard InChI is InChI=1S/C11H13N/c1-2-9-5-6-10-4-3-7-12-11(10)8-9/h2,5-6,8,12H,1,3-4,7H2. The maximum Gasteiger partial charge on any atom is 0.0378 e. The van der Waals surface area contributed by atoms with Gasteiger partial charge < -0.3 is 5.32 Å². The molecule has 1 aromatic carbocycles. The number of benzene rings is 1. The van der Waals surface area contributed by atoms with E-state index in [-0.39, 0.29) is 0 Å². The Balaban J connectivity index is 2.42. The molecular formula is C11H13N. The molecular weight excluding hydrogens is 146 g/mol. The van der Waals surface area contributed by atoms with E-state index in [9.17, 15) is 0 Å². The molecule has 12 heavy (non-hydrogen) atoms. The third-order valence-electron chi connectivity index (χ3n) is 2.31. The zero-order chi connectivity index (χ0) is 8.39. The van der Waals surface area contributed by atoms with E-state index in [1.165, 1.54) is 29.7 Å². The van der Waals surface area contributed by atoms with Crippen molar-refractivity contribution in [1.82, 2.24) is 0 Å². The molecule has 2 rings (SSSR count). The summed E-state index contributed by atoms with van der Waals surface area (Å²) in [5.41, 5.74) is 3.92. The first-order chi connectivity index (χ1) is 5.90. The van der Waals surface area contributed by atoms with Crippen LogP contribution in [0.2, 0.25) is 0 Å². The molecule has 1 aliphatic rings. The quantitative estimate of drug-likeness (QED) is 0.664. The lowest BCUT2D eigenvalue weighted by atomic mass is 10.0. The van der Waals surface area contributed by atoms with Crippen molar-refractivity contribution in [3.05, 3.63) is 35.9 Å². The molecule has 1 heteroatoms. The van der Waals surface area contributed by atoms with Crippen molar-refractivity contribution in [2.45, 2.75) is 12.8 Å². The molecule has 0 aromatic heterocycles. The van der Waals surface area contributed by atoms with Crippen molar-refractivity contribution >= 4 is 11.8 Å². The normalized spacial score (nSPS) is 14.7. The number of hydrogen-bond acceptors (Lipinski definition) is 1. The van der Waals surface area contributed by atoms with E-state index < -0.39 is 0 Å². The highest BCUT2D eigenvalue weighted by Crippen LogP contribution is 2.23. The van der Waals surface area contributed by atoms with Crippen LogP contribution in [0.4, 0.5) is 5.69 Å². The van der Waals surface area contributed by atoms with Gasteiger partial charge in [0.1, 0.15) is 0 Å². The highest BCUT2D eigenvalue weighted by atomic mass is 14.9. The highest BCUT2D eigenvalue weighted by molar-refractivity contribution is 5.61. The van der Waals surface area contributed by atoms with E-state index in [1.807, 2.05) is 6.08 Å². The summed E-state index contributed by atoms with van der Waals surface area (Å²) in [5.74, 6) is 0. The van der Waals surface area contributed by atoms with Gasteiger partial charge in [-0.25, -0.2) is 0 Å². The molecule has 1 heterocycles. The molecule has 0 saturated heterocycles. The van der Waals surface area contributed by atoms with Gasteiger partial charge in [-0.1, -0.05) is 24.8 Å². The van der Waals surface area contributed by atoms with Crippen LogP contribution in [0.1, 0.15) is 17.5 Å².